The second-order valence-electron chi connectivity index (χ2n) is 9.55. The van der Waals surface area contributed by atoms with E-state index in [9.17, 15) is 14.4 Å². The van der Waals surface area contributed by atoms with Crippen LogP contribution >= 0.6 is 0 Å². The van der Waals surface area contributed by atoms with E-state index >= 15 is 0 Å². The second kappa shape index (κ2) is 12.5. The Kier molecular flexibility index (Phi) is 9.46. The van der Waals surface area contributed by atoms with Crippen molar-refractivity contribution in [2.24, 2.45) is 18.7 Å². The Morgan fingerprint density at radius 2 is 2.06 bits per heavy atom. The first-order chi connectivity index (χ1) is 17.1. The van der Waals surface area contributed by atoms with Gasteiger partial charge in [0, 0.05) is 44.9 Å². The number of carbonyl (C=O) groups excluding carboxylic acids is 2. The minimum Gasteiger partial charge on any atom is -0.494 e. The Hall–Kier alpha value is -3.40. The van der Waals surface area contributed by atoms with Crippen molar-refractivity contribution in [3.8, 4) is 5.75 Å². The van der Waals surface area contributed by atoms with Crippen molar-refractivity contribution in [1.29, 1.82) is 0 Å². The fraction of sp³-hybridized carbons (Fsp3) is 0.538. The van der Waals surface area contributed by atoms with E-state index in [1.807, 2.05) is 26.0 Å². The summed E-state index contributed by atoms with van der Waals surface area (Å²) in [5.41, 5.74) is 9.84. The number of likely N-dealkylation sites (tertiary alicyclic amines) is 1. The highest BCUT2D eigenvalue weighted by molar-refractivity contribution is 5.82. The lowest BCUT2D eigenvalue weighted by molar-refractivity contribution is -0.141. The average Bonchev–Trinajstić information content (AvgIpc) is 3.29. The highest BCUT2D eigenvalue weighted by atomic mass is 16.5. The first-order valence-electron chi connectivity index (χ1n) is 12.4. The summed E-state index contributed by atoms with van der Waals surface area (Å²) in [4.78, 5) is 37.3. The van der Waals surface area contributed by atoms with Gasteiger partial charge in [0.2, 0.25) is 11.8 Å². The molecule has 2 heterocycles. The predicted molar refractivity (Wildman–Crippen MR) is 134 cm³/mol. The van der Waals surface area contributed by atoms with Crippen LogP contribution in [0.2, 0.25) is 0 Å². The maximum absolute atomic E-state index is 12.5. The van der Waals surface area contributed by atoms with Gasteiger partial charge in [0.15, 0.2) is 0 Å². The number of nitrogens with two attached hydrogens (primary N) is 1. The average molecular weight is 500 g/mol. The van der Waals surface area contributed by atoms with E-state index < -0.39 is 12.0 Å². The van der Waals surface area contributed by atoms with Crippen LogP contribution in [0.1, 0.15) is 60.4 Å². The SMILES string of the molecule is Cc1cc(OCCC2CCCN(C(=O)CCC(=O)O)C2)cc(CNC(=O)C(N)c2cnn(C)c2)c1C. The van der Waals surface area contributed by atoms with Gasteiger partial charge in [0.25, 0.3) is 0 Å². The molecule has 10 nitrogen and oxygen atoms in total. The first-order valence-corrected chi connectivity index (χ1v) is 12.4. The van der Waals surface area contributed by atoms with E-state index in [0.717, 1.165) is 41.7 Å². The summed E-state index contributed by atoms with van der Waals surface area (Å²) < 4.78 is 7.67. The number of hydrogen-bond acceptors (Lipinski definition) is 6. The Balaban J connectivity index is 1.50. The largest absolute Gasteiger partial charge is 0.494 e. The Bertz CT molecular complexity index is 1080. The fourth-order valence-corrected chi connectivity index (χ4v) is 4.45. The van der Waals surface area contributed by atoms with E-state index in [2.05, 4.69) is 10.4 Å². The van der Waals surface area contributed by atoms with Crippen LogP contribution in [0.15, 0.2) is 24.5 Å². The summed E-state index contributed by atoms with van der Waals surface area (Å²) in [6, 6.07) is 3.15. The Morgan fingerprint density at radius 1 is 1.28 bits per heavy atom. The number of carboxylic acids is 1. The second-order valence-corrected chi connectivity index (χ2v) is 9.55. The number of benzene rings is 1. The zero-order chi connectivity index (χ0) is 26.2. The number of aromatic nitrogens is 2. The van der Waals surface area contributed by atoms with Gasteiger partial charge in [0.1, 0.15) is 11.8 Å². The van der Waals surface area contributed by atoms with Crippen molar-refractivity contribution in [1.82, 2.24) is 20.0 Å². The van der Waals surface area contributed by atoms with Crippen molar-refractivity contribution in [2.75, 3.05) is 19.7 Å². The topological polar surface area (TPSA) is 140 Å². The van der Waals surface area contributed by atoms with Crippen LogP contribution in [0, 0.1) is 19.8 Å². The fourth-order valence-electron chi connectivity index (χ4n) is 4.45. The molecule has 0 aliphatic carbocycles. The van der Waals surface area contributed by atoms with Gasteiger partial charge < -0.3 is 25.8 Å². The van der Waals surface area contributed by atoms with Crippen LogP contribution in [0.3, 0.4) is 0 Å². The molecule has 3 rings (SSSR count). The molecule has 2 aromatic rings. The van der Waals surface area contributed by atoms with E-state index in [0.29, 0.717) is 37.7 Å². The van der Waals surface area contributed by atoms with Crippen molar-refractivity contribution in [2.45, 2.75) is 58.5 Å². The molecule has 10 heteroatoms. The van der Waals surface area contributed by atoms with Gasteiger partial charge >= 0.3 is 5.97 Å². The summed E-state index contributed by atoms with van der Waals surface area (Å²) in [5, 5.41) is 15.8. The van der Waals surface area contributed by atoms with Crippen LogP contribution < -0.4 is 15.8 Å². The summed E-state index contributed by atoms with van der Waals surface area (Å²) >= 11 is 0. The molecule has 0 radical (unpaired) electrons. The van der Waals surface area contributed by atoms with Crippen LogP contribution in [0.4, 0.5) is 0 Å². The number of amides is 2. The molecule has 1 aromatic heterocycles. The summed E-state index contributed by atoms with van der Waals surface area (Å²) in [7, 11) is 1.78. The van der Waals surface area contributed by atoms with E-state index in [-0.39, 0.29) is 24.7 Å². The number of nitrogens with zero attached hydrogens (tertiary/aromatic N) is 3. The Morgan fingerprint density at radius 3 is 2.75 bits per heavy atom. The van der Waals surface area contributed by atoms with E-state index in [4.69, 9.17) is 15.6 Å². The Labute approximate surface area is 211 Å². The van der Waals surface area contributed by atoms with Crippen LogP contribution in [-0.2, 0) is 28.0 Å². The quantitative estimate of drug-likeness (QED) is 0.431. The van der Waals surface area contributed by atoms with Crippen LogP contribution in [0.5, 0.6) is 5.75 Å². The molecular weight excluding hydrogens is 462 g/mol. The monoisotopic (exact) mass is 499 g/mol. The molecule has 196 valence electrons. The normalized spacial score (nSPS) is 16.4. The lowest BCUT2D eigenvalue weighted by Gasteiger charge is -2.32. The summed E-state index contributed by atoms with van der Waals surface area (Å²) in [6.45, 7) is 6.21. The number of aryl methyl sites for hydroxylation is 2. The molecule has 0 spiro atoms. The van der Waals surface area contributed by atoms with Gasteiger partial charge in [-0.15, -0.1) is 0 Å². The number of piperidine rings is 1. The number of nitrogens with one attached hydrogen (secondary N) is 1. The molecule has 1 fully saturated rings. The van der Waals surface area contributed by atoms with Crippen molar-refractivity contribution >= 4 is 17.8 Å². The molecule has 0 saturated carbocycles. The van der Waals surface area contributed by atoms with Gasteiger partial charge in [-0.05, 0) is 67.9 Å². The van der Waals surface area contributed by atoms with Crippen molar-refractivity contribution in [3.63, 3.8) is 0 Å². The number of carboxylic acid groups (broad SMARTS) is 1. The molecule has 2 atom stereocenters. The third kappa shape index (κ3) is 7.55. The van der Waals surface area contributed by atoms with Crippen LogP contribution in [-0.4, -0.2) is 57.3 Å². The molecule has 2 unspecified atom stereocenters. The minimum absolute atomic E-state index is 0.0493. The highest BCUT2D eigenvalue weighted by Gasteiger charge is 2.24. The third-order valence-corrected chi connectivity index (χ3v) is 6.79. The molecule has 1 saturated heterocycles. The van der Waals surface area contributed by atoms with E-state index in [1.165, 1.54) is 0 Å². The van der Waals surface area contributed by atoms with Gasteiger partial charge in [-0.3, -0.25) is 19.1 Å². The van der Waals surface area contributed by atoms with Gasteiger partial charge in [-0.2, -0.15) is 5.10 Å². The lowest BCUT2D eigenvalue weighted by atomic mass is 9.95. The third-order valence-electron chi connectivity index (χ3n) is 6.79. The van der Waals surface area contributed by atoms with Gasteiger partial charge in [0.05, 0.1) is 19.2 Å². The van der Waals surface area contributed by atoms with Crippen LogP contribution in [0.25, 0.3) is 0 Å². The van der Waals surface area contributed by atoms with Crippen molar-refractivity contribution < 1.29 is 24.2 Å². The minimum atomic E-state index is -0.950. The molecule has 1 aromatic carbocycles. The van der Waals surface area contributed by atoms with Gasteiger partial charge in [-0.25, -0.2) is 0 Å². The standard InChI is InChI=1S/C26H37N5O5/c1-17-11-22(36-10-8-19-5-4-9-31(15-19)23(32)6-7-24(33)34)12-20(18(17)2)13-28-26(35)25(27)21-14-29-30(3)16-21/h11-12,14,16,19,25H,4-10,13,15,27H2,1-3H3,(H,28,35)(H,33,34). The molecule has 1 aliphatic heterocycles. The predicted octanol–water partition coefficient (Wildman–Crippen LogP) is 2.23. The highest BCUT2D eigenvalue weighted by Crippen LogP contribution is 2.24. The molecular formula is C26H37N5O5. The molecule has 36 heavy (non-hydrogen) atoms. The zero-order valence-electron chi connectivity index (χ0n) is 21.3. The zero-order valence-corrected chi connectivity index (χ0v) is 21.3. The van der Waals surface area contributed by atoms with Gasteiger partial charge in [-0.1, -0.05) is 0 Å². The van der Waals surface area contributed by atoms with Crippen molar-refractivity contribution in [3.05, 3.63) is 46.8 Å². The number of aliphatic carboxylic acids is 1. The number of ether oxygens (including phenoxy) is 1. The maximum Gasteiger partial charge on any atom is 0.303 e. The molecule has 1 aliphatic rings. The number of hydrogen-bond donors (Lipinski definition) is 3. The molecule has 0 bridgehead atoms. The smallest absolute Gasteiger partial charge is 0.303 e. The maximum atomic E-state index is 12.5. The first kappa shape index (κ1) is 27.2. The molecule has 2 amide bonds. The number of carbonyl (C=O) groups is 3. The summed E-state index contributed by atoms with van der Waals surface area (Å²) in [6.07, 6.45) is 5.98. The molecule has 4 N–H and O–H groups in total. The summed E-state index contributed by atoms with van der Waals surface area (Å²) in [5.74, 6) is -0.247. The lowest BCUT2D eigenvalue weighted by Crippen LogP contribution is -2.40. The van der Waals surface area contributed by atoms with E-state index in [1.54, 1.807) is 29.0 Å². The number of rotatable bonds is 11.